The molecule has 0 bridgehead atoms. The second kappa shape index (κ2) is 9.45. The smallest absolute Gasteiger partial charge is 0.335 e. The molecule has 0 saturated carbocycles. The Morgan fingerprint density at radius 1 is 1.05 bits per heavy atom. The Hall–Kier alpha value is -5.20. The van der Waals surface area contributed by atoms with Crippen molar-refractivity contribution in [3.8, 4) is 0 Å². The Balaban J connectivity index is 1.33. The van der Waals surface area contributed by atoms with Gasteiger partial charge in [-0.25, -0.2) is 14.8 Å². The van der Waals surface area contributed by atoms with E-state index in [-0.39, 0.29) is 29.3 Å². The van der Waals surface area contributed by atoms with Crippen molar-refractivity contribution in [1.82, 2.24) is 40.6 Å². The van der Waals surface area contributed by atoms with E-state index in [1.165, 1.54) is 18.2 Å². The molecular formula is C24H20N8O5. The minimum Gasteiger partial charge on any atom is -0.478 e. The number of hydrogen-bond donors (Lipinski definition) is 3. The Bertz CT molecular complexity index is 1660. The molecule has 0 aliphatic heterocycles. The number of amides is 2. The number of carboxylic acid groups (broad SMARTS) is 1. The number of aromatic nitrogens is 6. The summed E-state index contributed by atoms with van der Waals surface area (Å²) in [6.07, 6.45) is 0. The van der Waals surface area contributed by atoms with Crippen LogP contribution in [0.4, 0.5) is 0 Å². The number of carbonyl (C=O) groups is 3. The minimum atomic E-state index is -1.04. The van der Waals surface area contributed by atoms with Gasteiger partial charge in [0.25, 0.3) is 17.6 Å². The summed E-state index contributed by atoms with van der Waals surface area (Å²) in [6, 6.07) is 12.4. The normalized spacial score (nSPS) is 11.9. The monoisotopic (exact) mass is 500 g/mol. The third-order valence-electron chi connectivity index (χ3n) is 5.66. The van der Waals surface area contributed by atoms with Gasteiger partial charge in [-0.3, -0.25) is 9.59 Å². The fraction of sp³-hybridized carbons (Fsp3) is 0.167. The lowest BCUT2D eigenvalue weighted by Crippen LogP contribution is -2.30. The predicted molar refractivity (Wildman–Crippen MR) is 128 cm³/mol. The average Bonchev–Trinajstić information content (AvgIpc) is 3.51. The molecule has 0 spiro atoms. The van der Waals surface area contributed by atoms with Gasteiger partial charge in [0.1, 0.15) is 16.9 Å². The van der Waals surface area contributed by atoms with Crippen molar-refractivity contribution in [3.05, 3.63) is 82.5 Å². The van der Waals surface area contributed by atoms with Crippen LogP contribution in [0.5, 0.6) is 0 Å². The van der Waals surface area contributed by atoms with Crippen LogP contribution >= 0.6 is 0 Å². The summed E-state index contributed by atoms with van der Waals surface area (Å²) in [5, 5.41) is 25.8. The van der Waals surface area contributed by atoms with Gasteiger partial charge < -0.3 is 20.2 Å². The van der Waals surface area contributed by atoms with Crippen LogP contribution < -0.4 is 10.6 Å². The Labute approximate surface area is 208 Å². The third-order valence-corrected chi connectivity index (χ3v) is 5.66. The first-order valence-electron chi connectivity index (χ1n) is 11.2. The number of rotatable bonds is 7. The first-order valence-corrected chi connectivity index (χ1v) is 11.2. The van der Waals surface area contributed by atoms with Gasteiger partial charge in [-0.2, -0.15) is 4.52 Å². The van der Waals surface area contributed by atoms with Crippen LogP contribution in [0, 0.1) is 6.92 Å². The molecule has 3 N–H and O–H groups in total. The van der Waals surface area contributed by atoms with E-state index in [4.69, 9.17) is 9.52 Å². The molecule has 3 aromatic heterocycles. The highest BCUT2D eigenvalue weighted by Gasteiger charge is 2.20. The second-order valence-electron chi connectivity index (χ2n) is 8.26. The average molecular weight is 500 g/mol. The van der Waals surface area contributed by atoms with Crippen LogP contribution in [0.3, 0.4) is 0 Å². The van der Waals surface area contributed by atoms with Crippen molar-refractivity contribution >= 4 is 34.7 Å². The summed E-state index contributed by atoms with van der Waals surface area (Å²) in [6.45, 7) is 3.69. The summed E-state index contributed by atoms with van der Waals surface area (Å²) in [5.41, 5.74) is 2.94. The highest BCUT2D eigenvalue weighted by molar-refractivity contribution is 5.98. The molecular weight excluding hydrogens is 480 g/mol. The van der Waals surface area contributed by atoms with E-state index in [1.807, 2.05) is 12.1 Å². The van der Waals surface area contributed by atoms with Gasteiger partial charge >= 0.3 is 5.97 Å². The largest absolute Gasteiger partial charge is 0.478 e. The number of oxazole rings is 1. The van der Waals surface area contributed by atoms with Gasteiger partial charge in [-0.1, -0.05) is 23.3 Å². The zero-order valence-electron chi connectivity index (χ0n) is 19.7. The number of nitrogens with one attached hydrogen (secondary N) is 2. The predicted octanol–water partition coefficient (Wildman–Crippen LogP) is 2.09. The van der Waals surface area contributed by atoms with Gasteiger partial charge in [0.2, 0.25) is 0 Å². The van der Waals surface area contributed by atoms with E-state index < -0.39 is 23.8 Å². The molecule has 186 valence electrons. The molecule has 0 unspecified atom stereocenters. The molecule has 3 heterocycles. The lowest BCUT2D eigenvalue weighted by Gasteiger charge is -2.15. The standard InChI is InChI=1S/C24H20N8O5/c1-12(15-4-6-16(7-5-15)23(35)36)26-21(33)18-10-19(32-24(28-18)29-30-31-32)22(34)25-11-14-3-8-20-17(9-14)27-13(2)37-20/h3-10,12H,11H2,1-2H3,(H,25,34)(H,26,33)(H,35,36)/t12-/m0/s1. The zero-order chi connectivity index (χ0) is 26.1. The number of aryl methyl sites for hydroxylation is 1. The Kier molecular flexibility index (Phi) is 6.01. The van der Waals surface area contributed by atoms with Crippen LogP contribution in [0.25, 0.3) is 16.9 Å². The summed E-state index contributed by atoms with van der Waals surface area (Å²) in [5.74, 6) is -1.58. The Morgan fingerprint density at radius 3 is 2.59 bits per heavy atom. The first kappa shape index (κ1) is 23.5. The molecule has 0 fully saturated rings. The van der Waals surface area contributed by atoms with E-state index >= 15 is 0 Å². The molecule has 5 rings (SSSR count). The maximum absolute atomic E-state index is 13.0. The maximum Gasteiger partial charge on any atom is 0.335 e. The number of fused-ring (bicyclic) bond motifs is 2. The number of carboxylic acids is 1. The fourth-order valence-electron chi connectivity index (χ4n) is 3.76. The van der Waals surface area contributed by atoms with Gasteiger partial charge in [-0.05, 0) is 52.7 Å². The number of hydrogen-bond acceptors (Lipinski definition) is 9. The van der Waals surface area contributed by atoms with Crippen LogP contribution in [0.1, 0.15) is 61.3 Å². The topological polar surface area (TPSA) is 178 Å². The molecule has 13 heteroatoms. The lowest BCUT2D eigenvalue weighted by molar-refractivity contribution is 0.0696. The highest BCUT2D eigenvalue weighted by atomic mass is 16.4. The molecule has 13 nitrogen and oxygen atoms in total. The van der Waals surface area contributed by atoms with Crippen molar-refractivity contribution in [1.29, 1.82) is 0 Å². The van der Waals surface area contributed by atoms with E-state index in [0.29, 0.717) is 22.6 Å². The summed E-state index contributed by atoms with van der Waals surface area (Å²) < 4.78 is 6.61. The Morgan fingerprint density at radius 2 is 1.84 bits per heavy atom. The summed E-state index contributed by atoms with van der Waals surface area (Å²) in [7, 11) is 0. The quantitative estimate of drug-likeness (QED) is 0.300. The van der Waals surface area contributed by atoms with E-state index in [9.17, 15) is 14.4 Å². The summed E-state index contributed by atoms with van der Waals surface area (Å²) in [4.78, 5) is 45.5. The second-order valence-corrected chi connectivity index (χ2v) is 8.26. The molecule has 0 aliphatic rings. The van der Waals surface area contributed by atoms with Crippen LogP contribution in [-0.4, -0.2) is 52.9 Å². The molecule has 37 heavy (non-hydrogen) atoms. The van der Waals surface area contributed by atoms with E-state index in [0.717, 1.165) is 10.1 Å². The lowest BCUT2D eigenvalue weighted by atomic mass is 10.1. The molecule has 0 aliphatic carbocycles. The van der Waals surface area contributed by atoms with Crippen molar-refractivity contribution in [2.45, 2.75) is 26.4 Å². The number of nitrogens with zero attached hydrogens (tertiary/aromatic N) is 6. The number of tetrazole rings is 1. The van der Waals surface area contributed by atoms with Crippen molar-refractivity contribution in [3.63, 3.8) is 0 Å². The van der Waals surface area contributed by atoms with E-state index in [1.54, 1.807) is 32.0 Å². The first-order chi connectivity index (χ1) is 17.8. The van der Waals surface area contributed by atoms with Gasteiger partial charge in [0.05, 0.1) is 11.6 Å². The highest BCUT2D eigenvalue weighted by Crippen LogP contribution is 2.17. The molecule has 2 amide bonds. The number of carbonyl (C=O) groups excluding carboxylic acids is 2. The number of benzene rings is 2. The molecule has 1 atom stereocenters. The van der Waals surface area contributed by atoms with Crippen molar-refractivity contribution in [2.75, 3.05) is 0 Å². The van der Waals surface area contributed by atoms with Crippen LogP contribution in [0.15, 0.2) is 52.9 Å². The van der Waals surface area contributed by atoms with E-state index in [2.05, 4.69) is 36.1 Å². The molecule has 2 aromatic carbocycles. The van der Waals surface area contributed by atoms with Gasteiger partial charge in [0.15, 0.2) is 11.5 Å². The maximum atomic E-state index is 13.0. The van der Waals surface area contributed by atoms with Crippen LogP contribution in [-0.2, 0) is 6.54 Å². The summed E-state index contributed by atoms with van der Waals surface area (Å²) >= 11 is 0. The third kappa shape index (κ3) is 4.82. The molecule has 0 radical (unpaired) electrons. The van der Waals surface area contributed by atoms with Gasteiger partial charge in [-0.15, -0.1) is 0 Å². The molecule has 0 saturated heterocycles. The van der Waals surface area contributed by atoms with Crippen LogP contribution in [0.2, 0.25) is 0 Å². The zero-order valence-corrected chi connectivity index (χ0v) is 19.7. The van der Waals surface area contributed by atoms with Crippen molar-refractivity contribution in [2.24, 2.45) is 0 Å². The SMILES string of the molecule is Cc1nc2cc(CNC(=O)c3cc(C(=O)N[C@@H](C)c4ccc(C(=O)O)cc4)nc4nnnn34)ccc2o1. The molecule has 5 aromatic rings. The number of aromatic carboxylic acids is 1. The minimum absolute atomic E-state index is 0.0178. The fourth-order valence-corrected chi connectivity index (χ4v) is 3.76. The van der Waals surface area contributed by atoms with Crippen molar-refractivity contribution < 1.29 is 23.9 Å². The van der Waals surface area contributed by atoms with Gasteiger partial charge in [0, 0.05) is 19.5 Å².